The van der Waals surface area contributed by atoms with Crippen LogP contribution in [0.4, 0.5) is 15.9 Å². The summed E-state index contributed by atoms with van der Waals surface area (Å²) in [6, 6.07) is 12.4. The Bertz CT molecular complexity index is 1380. The molecule has 2 heterocycles. The van der Waals surface area contributed by atoms with E-state index in [4.69, 9.17) is 10.7 Å². The fourth-order valence-corrected chi connectivity index (χ4v) is 4.71. The van der Waals surface area contributed by atoms with Crippen LogP contribution in [0.1, 0.15) is 46.0 Å². The highest BCUT2D eigenvalue weighted by atomic mass is 19.1. The number of carbonyl (C=O) groups excluding carboxylic acids is 1. The van der Waals surface area contributed by atoms with Crippen molar-refractivity contribution in [2.24, 2.45) is 5.92 Å². The van der Waals surface area contributed by atoms with Gasteiger partial charge >= 0.3 is 0 Å². The van der Waals surface area contributed by atoms with Crippen LogP contribution in [0.25, 0.3) is 22.3 Å². The van der Waals surface area contributed by atoms with Crippen molar-refractivity contribution in [2.75, 3.05) is 11.1 Å². The first kappa shape index (κ1) is 21.1. The third-order valence-electron chi connectivity index (χ3n) is 6.48. The number of anilines is 2. The number of carbonyl (C=O) groups is 1. The van der Waals surface area contributed by atoms with Crippen LogP contribution in [0.2, 0.25) is 0 Å². The number of nitrogens with zero attached hydrogens (tertiary/aromatic N) is 2. The normalized spacial score (nSPS) is 15.4. The van der Waals surface area contributed by atoms with Crippen molar-refractivity contribution in [3.63, 3.8) is 0 Å². The maximum atomic E-state index is 13.0. The number of H-pyrrole nitrogens is 1. The number of benzene rings is 2. The number of aromatic nitrogens is 3. The van der Waals surface area contributed by atoms with Gasteiger partial charge in [-0.1, -0.05) is 25.1 Å². The minimum atomic E-state index is -0.605. The molecule has 2 aromatic carbocycles. The molecule has 6 nitrogen and oxygen atoms in total. The lowest BCUT2D eigenvalue weighted by atomic mass is 9.81. The lowest BCUT2D eigenvalue weighted by Crippen LogP contribution is -2.15. The Labute approximate surface area is 191 Å². The number of rotatable bonds is 4. The van der Waals surface area contributed by atoms with Crippen molar-refractivity contribution in [3.8, 4) is 11.3 Å². The molecule has 0 fully saturated rings. The zero-order chi connectivity index (χ0) is 23.1. The van der Waals surface area contributed by atoms with Crippen molar-refractivity contribution in [1.29, 1.82) is 0 Å². The van der Waals surface area contributed by atoms with Crippen molar-refractivity contribution < 1.29 is 9.18 Å². The predicted octanol–water partition coefficient (Wildman–Crippen LogP) is 5.36. The van der Waals surface area contributed by atoms with E-state index in [0.717, 1.165) is 41.5 Å². The number of nitrogens with one attached hydrogen (secondary N) is 2. The Morgan fingerprint density at radius 2 is 2.09 bits per heavy atom. The average molecular weight is 444 g/mol. The van der Waals surface area contributed by atoms with Gasteiger partial charge in [-0.3, -0.25) is 9.89 Å². The second-order valence-corrected chi connectivity index (χ2v) is 8.92. The highest BCUT2D eigenvalue weighted by molar-refractivity contribution is 6.04. The van der Waals surface area contributed by atoms with Crippen LogP contribution in [-0.4, -0.2) is 21.1 Å². The van der Waals surface area contributed by atoms with E-state index < -0.39 is 6.67 Å². The molecule has 0 bridgehead atoms. The van der Waals surface area contributed by atoms with Crippen LogP contribution in [0.15, 0.2) is 42.5 Å². The first-order chi connectivity index (χ1) is 15.9. The van der Waals surface area contributed by atoms with E-state index >= 15 is 0 Å². The molecule has 0 saturated carbocycles. The highest BCUT2D eigenvalue weighted by Gasteiger charge is 2.25. The van der Waals surface area contributed by atoms with E-state index in [1.54, 1.807) is 24.3 Å². The van der Waals surface area contributed by atoms with Crippen molar-refractivity contribution in [2.45, 2.75) is 39.8 Å². The number of hydrogen-bond acceptors (Lipinski definition) is 4. The molecule has 5 rings (SSSR count). The quantitative estimate of drug-likeness (QED) is 0.395. The van der Waals surface area contributed by atoms with E-state index in [2.05, 4.69) is 22.4 Å². The number of amides is 1. The summed E-state index contributed by atoms with van der Waals surface area (Å²) in [6.07, 6.45) is 2.95. The molecule has 0 radical (unpaired) electrons. The van der Waals surface area contributed by atoms with E-state index in [1.807, 2.05) is 25.1 Å². The largest absolute Gasteiger partial charge is 0.382 e. The smallest absolute Gasteiger partial charge is 0.255 e. The molecular weight excluding hydrogens is 417 g/mol. The van der Waals surface area contributed by atoms with Crippen LogP contribution >= 0.6 is 0 Å². The zero-order valence-electron chi connectivity index (χ0n) is 18.7. The number of fused-ring (bicyclic) bond motifs is 3. The Morgan fingerprint density at radius 3 is 2.91 bits per heavy atom. The molecule has 1 aliphatic rings. The predicted molar refractivity (Wildman–Crippen MR) is 129 cm³/mol. The number of nitrogens with two attached hydrogens (primary N) is 1. The Morgan fingerprint density at radius 1 is 1.24 bits per heavy atom. The number of aromatic amines is 1. The third kappa shape index (κ3) is 3.84. The maximum Gasteiger partial charge on any atom is 0.255 e. The molecular formula is C26H26FN5O. The fourth-order valence-electron chi connectivity index (χ4n) is 4.71. The number of aryl methyl sites for hydroxylation is 1. The molecule has 4 aromatic rings. The second kappa shape index (κ2) is 8.31. The van der Waals surface area contributed by atoms with Gasteiger partial charge in [0.2, 0.25) is 0 Å². The summed E-state index contributed by atoms with van der Waals surface area (Å²) in [5.74, 6) is 0.778. The van der Waals surface area contributed by atoms with Gasteiger partial charge in [0.25, 0.3) is 5.91 Å². The number of halogens is 1. The van der Waals surface area contributed by atoms with Crippen LogP contribution in [0.5, 0.6) is 0 Å². The summed E-state index contributed by atoms with van der Waals surface area (Å²) in [6.45, 7) is 3.69. The van der Waals surface area contributed by atoms with Gasteiger partial charge in [0.05, 0.1) is 11.1 Å². The van der Waals surface area contributed by atoms with Gasteiger partial charge in [0.15, 0.2) is 11.5 Å². The fraction of sp³-hybridized carbons (Fsp3) is 0.269. The molecule has 1 amide bonds. The lowest BCUT2D eigenvalue weighted by Gasteiger charge is -2.25. The molecule has 1 aliphatic carbocycles. The van der Waals surface area contributed by atoms with Crippen molar-refractivity contribution >= 4 is 28.4 Å². The van der Waals surface area contributed by atoms with E-state index in [1.165, 1.54) is 11.1 Å². The standard InChI is InChI=1S/C26H26FN5O/c1-14-6-9-19-21(10-14)22-24(28)31-32-25(22)30-23(19)20-12-18(8-7-15(20)2)29-26(33)17-5-3-4-16(11-17)13-27/h3-5,7-8,11-12,14H,6,9-10,13H2,1-2H3,(H,29,33)(H3,28,30,31,32). The first-order valence-electron chi connectivity index (χ1n) is 11.2. The average Bonchev–Trinajstić information content (AvgIpc) is 3.20. The SMILES string of the molecule is Cc1ccc(NC(=O)c2cccc(CF)c2)cc1-c1nc2[nH]nc(N)c2c2c1CCC(C)C2. The summed E-state index contributed by atoms with van der Waals surface area (Å²) >= 11 is 0. The van der Waals surface area contributed by atoms with Gasteiger partial charge < -0.3 is 11.1 Å². The van der Waals surface area contributed by atoms with Crippen LogP contribution in [0, 0.1) is 12.8 Å². The summed E-state index contributed by atoms with van der Waals surface area (Å²) < 4.78 is 13.0. The first-order valence-corrected chi connectivity index (χ1v) is 11.2. The minimum Gasteiger partial charge on any atom is -0.382 e. The molecule has 168 valence electrons. The maximum absolute atomic E-state index is 13.0. The van der Waals surface area contributed by atoms with Gasteiger partial charge in [-0.25, -0.2) is 9.37 Å². The number of hydrogen-bond donors (Lipinski definition) is 3. The van der Waals surface area contributed by atoms with E-state index in [-0.39, 0.29) is 5.91 Å². The molecule has 0 aliphatic heterocycles. The zero-order valence-corrected chi connectivity index (χ0v) is 18.7. The van der Waals surface area contributed by atoms with Crippen molar-refractivity contribution in [1.82, 2.24) is 15.2 Å². The Hall–Kier alpha value is -3.74. The number of nitrogen functional groups attached to an aromatic ring is 1. The van der Waals surface area contributed by atoms with Crippen LogP contribution in [-0.2, 0) is 19.5 Å². The summed E-state index contributed by atoms with van der Waals surface area (Å²) in [5, 5.41) is 11.0. The van der Waals surface area contributed by atoms with Gasteiger partial charge in [-0.15, -0.1) is 0 Å². The second-order valence-electron chi connectivity index (χ2n) is 8.92. The van der Waals surface area contributed by atoms with Gasteiger partial charge in [-0.2, -0.15) is 5.10 Å². The van der Waals surface area contributed by atoms with Gasteiger partial charge in [-0.05, 0) is 78.6 Å². The molecule has 0 spiro atoms. The number of pyridine rings is 1. The Kier molecular flexibility index (Phi) is 5.32. The van der Waals surface area contributed by atoms with Crippen molar-refractivity contribution in [3.05, 3.63) is 70.3 Å². The van der Waals surface area contributed by atoms with Gasteiger partial charge in [0, 0.05) is 16.8 Å². The molecule has 4 N–H and O–H groups in total. The monoisotopic (exact) mass is 443 g/mol. The summed E-state index contributed by atoms with van der Waals surface area (Å²) in [7, 11) is 0. The minimum absolute atomic E-state index is 0.277. The Balaban J connectivity index is 1.57. The van der Waals surface area contributed by atoms with Crippen LogP contribution in [0.3, 0.4) is 0 Å². The number of alkyl halides is 1. The van der Waals surface area contributed by atoms with E-state index in [9.17, 15) is 9.18 Å². The molecule has 7 heteroatoms. The highest BCUT2D eigenvalue weighted by Crippen LogP contribution is 2.39. The molecule has 0 saturated heterocycles. The lowest BCUT2D eigenvalue weighted by molar-refractivity contribution is 0.102. The third-order valence-corrected chi connectivity index (χ3v) is 6.48. The molecule has 2 aromatic heterocycles. The molecule has 1 atom stereocenters. The van der Waals surface area contributed by atoms with Crippen LogP contribution < -0.4 is 11.1 Å². The van der Waals surface area contributed by atoms with E-state index in [0.29, 0.717) is 34.2 Å². The summed E-state index contributed by atoms with van der Waals surface area (Å²) in [4.78, 5) is 17.7. The molecule has 1 unspecified atom stereocenters. The summed E-state index contributed by atoms with van der Waals surface area (Å²) in [5.41, 5.74) is 13.8. The topological polar surface area (TPSA) is 96.7 Å². The molecule has 33 heavy (non-hydrogen) atoms. The van der Waals surface area contributed by atoms with Gasteiger partial charge in [0.1, 0.15) is 6.67 Å².